The van der Waals surface area contributed by atoms with Crippen molar-refractivity contribution in [2.45, 2.75) is 6.42 Å². The standard InChI is InChI=1S/C9H15N3O2/c1-12(2)5-3-4-10-7-6-8(13)11-9(7)14/h6H,3-5H2,1-2H3,(H2,10,11,13,14). The third-order valence-electron chi connectivity index (χ3n) is 1.85. The zero-order valence-electron chi connectivity index (χ0n) is 8.46. The Kier molecular flexibility index (Phi) is 3.64. The first-order valence-electron chi connectivity index (χ1n) is 4.55. The number of nitrogens with one attached hydrogen (secondary N) is 2. The first-order chi connectivity index (χ1) is 6.59. The Morgan fingerprint density at radius 1 is 1.43 bits per heavy atom. The van der Waals surface area contributed by atoms with E-state index in [-0.39, 0.29) is 11.8 Å². The van der Waals surface area contributed by atoms with Crippen molar-refractivity contribution in [1.82, 2.24) is 15.5 Å². The highest BCUT2D eigenvalue weighted by Crippen LogP contribution is 1.97. The van der Waals surface area contributed by atoms with Gasteiger partial charge in [0.05, 0.1) is 0 Å². The Morgan fingerprint density at radius 2 is 2.14 bits per heavy atom. The van der Waals surface area contributed by atoms with Gasteiger partial charge in [-0.1, -0.05) is 0 Å². The molecule has 78 valence electrons. The van der Waals surface area contributed by atoms with E-state index < -0.39 is 0 Å². The molecule has 0 aromatic rings. The van der Waals surface area contributed by atoms with Gasteiger partial charge in [0.2, 0.25) is 0 Å². The van der Waals surface area contributed by atoms with Crippen molar-refractivity contribution in [1.29, 1.82) is 0 Å². The molecule has 14 heavy (non-hydrogen) atoms. The van der Waals surface area contributed by atoms with E-state index in [0.717, 1.165) is 13.0 Å². The highest BCUT2D eigenvalue weighted by atomic mass is 16.2. The molecule has 0 bridgehead atoms. The molecule has 1 aliphatic heterocycles. The third kappa shape index (κ3) is 3.18. The molecule has 5 nitrogen and oxygen atoms in total. The van der Waals surface area contributed by atoms with Crippen LogP contribution in [0.15, 0.2) is 11.8 Å². The fourth-order valence-electron chi connectivity index (χ4n) is 1.16. The summed E-state index contributed by atoms with van der Waals surface area (Å²) in [6, 6.07) is 0. The number of imide groups is 1. The predicted molar refractivity (Wildman–Crippen MR) is 52.4 cm³/mol. The second-order valence-electron chi connectivity index (χ2n) is 3.46. The number of amides is 2. The van der Waals surface area contributed by atoms with Crippen LogP contribution in [0.1, 0.15) is 6.42 Å². The van der Waals surface area contributed by atoms with Crippen LogP contribution in [-0.2, 0) is 9.59 Å². The Morgan fingerprint density at radius 3 is 2.64 bits per heavy atom. The molecule has 1 rings (SSSR count). The molecule has 2 N–H and O–H groups in total. The lowest BCUT2D eigenvalue weighted by molar-refractivity contribution is -0.124. The number of hydrogen-bond acceptors (Lipinski definition) is 4. The molecular weight excluding hydrogens is 182 g/mol. The Bertz CT molecular complexity index is 271. The molecule has 0 atom stereocenters. The highest BCUT2D eigenvalue weighted by Gasteiger charge is 2.19. The van der Waals surface area contributed by atoms with E-state index in [1.165, 1.54) is 6.08 Å². The fraction of sp³-hybridized carbons (Fsp3) is 0.556. The lowest BCUT2D eigenvalue weighted by Gasteiger charge is -2.09. The second kappa shape index (κ2) is 4.76. The summed E-state index contributed by atoms with van der Waals surface area (Å²) in [6.07, 6.45) is 2.23. The number of carbonyl (C=O) groups is 2. The van der Waals surface area contributed by atoms with E-state index in [1.54, 1.807) is 0 Å². The Hall–Kier alpha value is -1.36. The van der Waals surface area contributed by atoms with Gasteiger partial charge in [0, 0.05) is 12.6 Å². The quantitative estimate of drug-likeness (QED) is 0.441. The summed E-state index contributed by atoms with van der Waals surface area (Å²) < 4.78 is 0. The number of nitrogens with zero attached hydrogens (tertiary/aromatic N) is 1. The molecule has 0 aromatic carbocycles. The van der Waals surface area contributed by atoms with Crippen LogP contribution in [0.3, 0.4) is 0 Å². The maximum atomic E-state index is 11.0. The van der Waals surface area contributed by atoms with E-state index in [9.17, 15) is 9.59 Å². The lowest BCUT2D eigenvalue weighted by Crippen LogP contribution is -2.28. The molecule has 0 saturated heterocycles. The molecule has 2 amide bonds. The van der Waals surface area contributed by atoms with Crippen LogP contribution in [-0.4, -0.2) is 43.9 Å². The smallest absolute Gasteiger partial charge is 0.274 e. The van der Waals surface area contributed by atoms with Crippen molar-refractivity contribution < 1.29 is 9.59 Å². The SMILES string of the molecule is CN(C)CCCNC1=CC(=O)NC1=O. The van der Waals surface area contributed by atoms with Crippen molar-refractivity contribution in [3.63, 3.8) is 0 Å². The van der Waals surface area contributed by atoms with Crippen molar-refractivity contribution in [3.8, 4) is 0 Å². The Labute approximate surface area is 83.1 Å². The third-order valence-corrected chi connectivity index (χ3v) is 1.85. The lowest BCUT2D eigenvalue weighted by atomic mass is 10.3. The molecule has 1 heterocycles. The van der Waals surface area contributed by atoms with Crippen molar-refractivity contribution in [3.05, 3.63) is 11.8 Å². The van der Waals surface area contributed by atoms with Crippen molar-refractivity contribution in [2.75, 3.05) is 27.2 Å². The van der Waals surface area contributed by atoms with Crippen LogP contribution in [0, 0.1) is 0 Å². The second-order valence-corrected chi connectivity index (χ2v) is 3.46. The Balaban J connectivity index is 2.22. The minimum Gasteiger partial charge on any atom is -0.380 e. The summed E-state index contributed by atoms with van der Waals surface area (Å²) in [6.45, 7) is 1.65. The first kappa shape index (κ1) is 10.7. The normalized spacial score (nSPS) is 15.8. The van der Waals surface area contributed by atoms with Gasteiger partial charge >= 0.3 is 0 Å². The van der Waals surface area contributed by atoms with Gasteiger partial charge in [-0.05, 0) is 27.1 Å². The summed E-state index contributed by atoms with van der Waals surface area (Å²) >= 11 is 0. The molecular formula is C9H15N3O2. The van der Waals surface area contributed by atoms with E-state index in [1.807, 2.05) is 14.1 Å². The van der Waals surface area contributed by atoms with Gasteiger partial charge < -0.3 is 10.2 Å². The molecule has 0 fully saturated rings. The van der Waals surface area contributed by atoms with Crippen LogP contribution in [0.4, 0.5) is 0 Å². The molecule has 0 aliphatic carbocycles. The zero-order chi connectivity index (χ0) is 10.6. The average molecular weight is 197 g/mol. The van der Waals surface area contributed by atoms with E-state index in [4.69, 9.17) is 0 Å². The summed E-state index contributed by atoms with van der Waals surface area (Å²) in [5.41, 5.74) is 0.369. The number of rotatable bonds is 5. The van der Waals surface area contributed by atoms with Gasteiger partial charge in [-0.3, -0.25) is 14.9 Å². The first-order valence-corrected chi connectivity index (χ1v) is 4.55. The fourth-order valence-corrected chi connectivity index (χ4v) is 1.16. The zero-order valence-corrected chi connectivity index (χ0v) is 8.46. The van der Waals surface area contributed by atoms with Crippen molar-refractivity contribution >= 4 is 11.8 Å². The average Bonchev–Trinajstić information content (AvgIpc) is 2.39. The van der Waals surface area contributed by atoms with Crippen molar-refractivity contribution in [2.24, 2.45) is 0 Å². The largest absolute Gasteiger partial charge is 0.380 e. The van der Waals surface area contributed by atoms with Gasteiger partial charge in [-0.25, -0.2) is 0 Å². The van der Waals surface area contributed by atoms with Crippen LogP contribution < -0.4 is 10.6 Å². The maximum absolute atomic E-state index is 11.0. The van der Waals surface area contributed by atoms with Crippen LogP contribution in [0.25, 0.3) is 0 Å². The molecule has 0 aromatic heterocycles. The van der Waals surface area contributed by atoms with E-state index in [0.29, 0.717) is 12.2 Å². The van der Waals surface area contributed by atoms with Gasteiger partial charge in [0.15, 0.2) is 0 Å². The number of carbonyl (C=O) groups excluding carboxylic acids is 2. The molecule has 0 spiro atoms. The highest BCUT2D eigenvalue weighted by molar-refractivity contribution is 6.15. The molecule has 1 aliphatic rings. The minimum absolute atomic E-state index is 0.333. The summed E-state index contributed by atoms with van der Waals surface area (Å²) in [5, 5.41) is 5.09. The van der Waals surface area contributed by atoms with Gasteiger partial charge in [-0.2, -0.15) is 0 Å². The van der Waals surface area contributed by atoms with E-state index >= 15 is 0 Å². The summed E-state index contributed by atoms with van der Waals surface area (Å²) in [7, 11) is 3.98. The molecule has 5 heteroatoms. The van der Waals surface area contributed by atoms with Gasteiger partial charge in [-0.15, -0.1) is 0 Å². The van der Waals surface area contributed by atoms with Gasteiger partial charge in [0.25, 0.3) is 11.8 Å². The summed E-state index contributed by atoms with van der Waals surface area (Å²) in [4.78, 5) is 23.9. The van der Waals surface area contributed by atoms with Crippen LogP contribution in [0.5, 0.6) is 0 Å². The van der Waals surface area contributed by atoms with E-state index in [2.05, 4.69) is 15.5 Å². The van der Waals surface area contributed by atoms with Gasteiger partial charge in [0.1, 0.15) is 5.70 Å². The topological polar surface area (TPSA) is 61.4 Å². The molecule has 0 unspecified atom stereocenters. The number of hydrogen-bond donors (Lipinski definition) is 2. The monoisotopic (exact) mass is 197 g/mol. The molecule has 0 saturated carbocycles. The van der Waals surface area contributed by atoms with Crippen LogP contribution >= 0.6 is 0 Å². The minimum atomic E-state index is -0.342. The summed E-state index contributed by atoms with van der Waals surface area (Å²) in [5.74, 6) is -0.676. The maximum Gasteiger partial charge on any atom is 0.274 e. The van der Waals surface area contributed by atoms with Crippen LogP contribution in [0.2, 0.25) is 0 Å². The molecule has 0 radical (unpaired) electrons. The predicted octanol–water partition coefficient (Wildman–Crippen LogP) is -0.932.